The monoisotopic (exact) mass is 580 g/mol. The summed E-state index contributed by atoms with van der Waals surface area (Å²) in [5.41, 5.74) is -0.0903. The van der Waals surface area contributed by atoms with Crippen molar-refractivity contribution in [1.29, 1.82) is 0 Å². The maximum Gasteiger partial charge on any atom is 0.319 e. The predicted molar refractivity (Wildman–Crippen MR) is 161 cm³/mol. The van der Waals surface area contributed by atoms with Crippen molar-refractivity contribution in [3.63, 3.8) is 0 Å². The molecule has 10 heteroatoms. The first-order valence-electron chi connectivity index (χ1n) is 14.5. The lowest BCUT2D eigenvalue weighted by atomic mass is 9.95. The molecular formula is C33H30F2N6O2. The van der Waals surface area contributed by atoms with E-state index in [1.54, 1.807) is 0 Å². The summed E-state index contributed by atoms with van der Waals surface area (Å²) in [7, 11) is 2.05. The van der Waals surface area contributed by atoms with Crippen LogP contribution < -0.4 is 15.0 Å². The van der Waals surface area contributed by atoms with Crippen LogP contribution in [0.4, 0.5) is 14.6 Å². The average Bonchev–Trinajstić information content (AvgIpc) is 3.58. The van der Waals surface area contributed by atoms with Gasteiger partial charge in [-0.25, -0.2) is 13.8 Å². The number of likely N-dealkylation sites (tertiary alicyclic amines) is 1. The van der Waals surface area contributed by atoms with Gasteiger partial charge in [0.2, 0.25) is 0 Å². The molecule has 0 aliphatic carbocycles. The Morgan fingerprint density at radius 2 is 1.84 bits per heavy atom. The van der Waals surface area contributed by atoms with Crippen molar-refractivity contribution in [3.8, 4) is 47.7 Å². The number of piperazine rings is 1. The summed E-state index contributed by atoms with van der Waals surface area (Å²) in [6, 6.07) is 6.24. The van der Waals surface area contributed by atoms with Gasteiger partial charge in [0.05, 0.1) is 10.9 Å². The number of aromatic nitrogens is 3. The number of hydrogen-bond donors (Lipinski definition) is 2. The van der Waals surface area contributed by atoms with Crippen LogP contribution in [0.15, 0.2) is 24.3 Å². The van der Waals surface area contributed by atoms with Crippen LogP contribution in [0, 0.1) is 36.3 Å². The third kappa shape index (κ3) is 4.68. The van der Waals surface area contributed by atoms with Crippen LogP contribution in [0.5, 0.6) is 11.8 Å². The number of nitrogens with zero attached hydrogens (tertiary/aromatic N) is 5. The van der Waals surface area contributed by atoms with Gasteiger partial charge in [-0.05, 0) is 68.8 Å². The lowest BCUT2D eigenvalue weighted by Crippen LogP contribution is -2.51. The molecular weight excluding hydrogens is 550 g/mol. The summed E-state index contributed by atoms with van der Waals surface area (Å²) >= 11 is 0. The van der Waals surface area contributed by atoms with E-state index in [1.807, 2.05) is 7.05 Å². The second-order valence-electron chi connectivity index (χ2n) is 11.6. The number of rotatable bonds is 5. The van der Waals surface area contributed by atoms with Gasteiger partial charge in [0.1, 0.15) is 40.9 Å². The summed E-state index contributed by atoms with van der Waals surface area (Å²) in [4.78, 5) is 18.2. The van der Waals surface area contributed by atoms with E-state index in [0.29, 0.717) is 36.3 Å². The molecule has 7 rings (SSSR count). The summed E-state index contributed by atoms with van der Waals surface area (Å²) in [5, 5.41) is 15.1. The topological polar surface area (TPSA) is 86.6 Å². The van der Waals surface area contributed by atoms with Crippen LogP contribution in [0.25, 0.3) is 32.9 Å². The van der Waals surface area contributed by atoms with Crippen LogP contribution in [0.1, 0.15) is 36.9 Å². The zero-order valence-corrected chi connectivity index (χ0v) is 23.7. The summed E-state index contributed by atoms with van der Waals surface area (Å²) in [5.74, 6) is 3.84. The van der Waals surface area contributed by atoms with Crippen LogP contribution in [-0.4, -0.2) is 76.4 Å². The fourth-order valence-electron chi connectivity index (χ4n) is 6.79. The molecule has 218 valence electrons. The van der Waals surface area contributed by atoms with Crippen molar-refractivity contribution in [2.24, 2.45) is 0 Å². The fraction of sp³-hybridized carbons (Fsp3) is 0.364. The average molecular weight is 581 g/mol. The second kappa shape index (κ2) is 10.6. The first-order valence-corrected chi connectivity index (χ1v) is 14.5. The number of halogens is 2. The number of fused-ring (bicyclic) bond motifs is 4. The van der Waals surface area contributed by atoms with Gasteiger partial charge in [-0.2, -0.15) is 9.97 Å². The lowest BCUT2D eigenvalue weighted by molar-refractivity contribution is 0.188. The molecule has 2 N–H and O–H groups in total. The number of benzene rings is 2. The standard InChI is InChI=1S/C33H30F2N6O2/c1-4-23-25(34)11-8-18-13-22(42)14-24(27(18)23)30-29(35)31-28(26(5-2)37-30)32(41-15-19-9-10-20(16-41)36-19)39-33(38-31)43-17-21-7-6-12-40(21)3/h1-2,8,11,13-14,19-21,36,42H,6-7,9-10,12,15-17H2,3H3/t19-,20+,21-/m0/s1. The van der Waals surface area contributed by atoms with Gasteiger partial charge in [-0.3, -0.25) is 0 Å². The minimum absolute atomic E-state index is 0.0452. The number of likely N-dealkylation sites (N-methyl/N-ethyl adjacent to an activating group) is 1. The molecule has 3 fully saturated rings. The third-order valence-corrected chi connectivity index (χ3v) is 8.93. The van der Waals surface area contributed by atoms with Crippen LogP contribution in [0.2, 0.25) is 0 Å². The number of terminal acetylenes is 2. The molecule has 0 radical (unpaired) electrons. The molecule has 43 heavy (non-hydrogen) atoms. The Kier molecular flexibility index (Phi) is 6.76. The van der Waals surface area contributed by atoms with E-state index in [0.717, 1.165) is 32.2 Å². The molecule has 4 aromatic rings. The SMILES string of the molecule is C#Cc1c(F)ccc2cc(O)cc(-c3nc(C#C)c4c(N5C[C@H]6CC[C@@H](C5)N6)nc(OC[C@@H]5CCCN5C)nc4c3F)c12. The zero-order valence-electron chi connectivity index (χ0n) is 23.7. The smallest absolute Gasteiger partial charge is 0.319 e. The van der Waals surface area contributed by atoms with Crippen molar-refractivity contribution >= 4 is 27.5 Å². The number of nitrogens with one attached hydrogen (secondary N) is 1. The normalized spacial score (nSPS) is 21.8. The van der Waals surface area contributed by atoms with Crippen molar-refractivity contribution in [1.82, 2.24) is 25.2 Å². The quantitative estimate of drug-likeness (QED) is 0.340. The van der Waals surface area contributed by atoms with Crippen molar-refractivity contribution < 1.29 is 18.6 Å². The second-order valence-corrected chi connectivity index (χ2v) is 11.6. The van der Waals surface area contributed by atoms with Crippen molar-refractivity contribution in [2.75, 3.05) is 38.2 Å². The van der Waals surface area contributed by atoms with Gasteiger partial charge >= 0.3 is 6.01 Å². The number of ether oxygens (including phenoxy) is 1. The minimum Gasteiger partial charge on any atom is -0.508 e. The molecule has 2 bridgehead atoms. The van der Waals surface area contributed by atoms with E-state index in [1.165, 1.54) is 24.3 Å². The highest BCUT2D eigenvalue weighted by atomic mass is 19.1. The summed E-state index contributed by atoms with van der Waals surface area (Å²) in [6.45, 7) is 2.68. The van der Waals surface area contributed by atoms with Gasteiger partial charge in [-0.1, -0.05) is 12.0 Å². The molecule has 3 aliphatic rings. The van der Waals surface area contributed by atoms with E-state index in [-0.39, 0.29) is 63.3 Å². The Morgan fingerprint density at radius 1 is 1.05 bits per heavy atom. The molecule has 3 atom stereocenters. The van der Waals surface area contributed by atoms with Crippen LogP contribution in [-0.2, 0) is 0 Å². The maximum absolute atomic E-state index is 16.8. The molecule has 0 amide bonds. The van der Waals surface area contributed by atoms with E-state index in [9.17, 15) is 9.50 Å². The molecule has 0 spiro atoms. The van der Waals surface area contributed by atoms with Gasteiger partial charge in [0, 0.05) is 42.2 Å². The number of aromatic hydroxyl groups is 1. The largest absolute Gasteiger partial charge is 0.508 e. The van der Waals surface area contributed by atoms with E-state index >= 15 is 4.39 Å². The van der Waals surface area contributed by atoms with Crippen LogP contribution >= 0.6 is 0 Å². The first kappa shape index (κ1) is 27.3. The first-order chi connectivity index (χ1) is 20.8. The van der Waals surface area contributed by atoms with Gasteiger partial charge < -0.3 is 25.0 Å². The van der Waals surface area contributed by atoms with Gasteiger partial charge in [0.15, 0.2) is 5.82 Å². The third-order valence-electron chi connectivity index (χ3n) is 8.93. The predicted octanol–water partition coefficient (Wildman–Crippen LogP) is 4.21. The number of phenolic OH excluding ortho intramolecular Hbond substituents is 1. The van der Waals surface area contributed by atoms with Crippen molar-refractivity contribution in [2.45, 2.75) is 43.8 Å². The number of phenols is 1. The molecule has 5 heterocycles. The Balaban J connectivity index is 1.46. The summed E-state index contributed by atoms with van der Waals surface area (Å²) < 4.78 is 37.8. The zero-order chi connectivity index (χ0) is 29.8. The van der Waals surface area contributed by atoms with Crippen LogP contribution in [0.3, 0.4) is 0 Å². The molecule has 0 saturated carbocycles. The highest BCUT2D eigenvalue weighted by Crippen LogP contribution is 2.40. The number of anilines is 1. The fourth-order valence-corrected chi connectivity index (χ4v) is 6.79. The van der Waals surface area contributed by atoms with Gasteiger partial charge in [0.25, 0.3) is 0 Å². The van der Waals surface area contributed by atoms with E-state index in [2.05, 4.69) is 36.9 Å². The van der Waals surface area contributed by atoms with E-state index in [4.69, 9.17) is 22.6 Å². The highest BCUT2D eigenvalue weighted by molar-refractivity contribution is 6.04. The minimum atomic E-state index is -0.794. The van der Waals surface area contributed by atoms with E-state index < -0.39 is 11.6 Å². The van der Waals surface area contributed by atoms with Crippen molar-refractivity contribution in [3.05, 3.63) is 47.2 Å². The molecule has 3 aliphatic heterocycles. The Morgan fingerprint density at radius 3 is 2.53 bits per heavy atom. The molecule has 3 saturated heterocycles. The molecule has 2 aromatic carbocycles. The van der Waals surface area contributed by atoms with Gasteiger partial charge in [-0.15, -0.1) is 12.8 Å². The number of pyridine rings is 1. The maximum atomic E-state index is 16.8. The highest BCUT2D eigenvalue weighted by Gasteiger charge is 2.35. The Hall–Kier alpha value is -4.51. The lowest BCUT2D eigenvalue weighted by Gasteiger charge is -2.34. The molecule has 0 unspecified atom stereocenters. The molecule has 8 nitrogen and oxygen atoms in total. The number of hydrogen-bond acceptors (Lipinski definition) is 8. The Bertz CT molecular complexity index is 1850. The Labute approximate surface area is 248 Å². The summed E-state index contributed by atoms with van der Waals surface area (Å²) in [6.07, 6.45) is 15.8. The molecule has 2 aromatic heterocycles.